The molecule has 1 saturated carbocycles. The van der Waals surface area contributed by atoms with Crippen LogP contribution in [0.3, 0.4) is 0 Å². The van der Waals surface area contributed by atoms with Crippen molar-refractivity contribution in [3.8, 4) is 11.3 Å². The molecule has 31 heavy (non-hydrogen) atoms. The molecule has 0 spiro atoms. The smallest absolute Gasteiger partial charge is 0.184 e. The lowest BCUT2D eigenvalue weighted by atomic mass is 9.86. The summed E-state index contributed by atoms with van der Waals surface area (Å²) in [6.45, 7) is 3.05. The van der Waals surface area contributed by atoms with Crippen molar-refractivity contribution in [1.82, 2.24) is 15.0 Å². The molecule has 0 radical (unpaired) electrons. The van der Waals surface area contributed by atoms with Gasteiger partial charge < -0.3 is 10.6 Å². The van der Waals surface area contributed by atoms with Crippen molar-refractivity contribution < 1.29 is 0 Å². The summed E-state index contributed by atoms with van der Waals surface area (Å²) in [5, 5.41) is 8.14. The fourth-order valence-corrected chi connectivity index (χ4v) is 5.21. The van der Waals surface area contributed by atoms with Gasteiger partial charge in [0.25, 0.3) is 0 Å². The Bertz CT molecular complexity index is 1160. The molecule has 5 rings (SSSR count). The van der Waals surface area contributed by atoms with Crippen molar-refractivity contribution >= 4 is 32.5 Å². The molecule has 2 N–H and O–H groups in total. The van der Waals surface area contributed by atoms with Gasteiger partial charge >= 0.3 is 0 Å². The molecular weight excluding hydrogens is 402 g/mol. The Hall–Kier alpha value is -2.99. The van der Waals surface area contributed by atoms with Crippen molar-refractivity contribution in [2.75, 3.05) is 10.6 Å². The van der Waals surface area contributed by atoms with Crippen LogP contribution < -0.4 is 10.6 Å². The SMILES string of the molecule is CC1CCCCC1Nc1nc2ccc(CNc3cncc(-c4ccccc4)n3)cc2s1. The Kier molecular flexibility index (Phi) is 5.80. The molecular formula is C25H27N5S. The molecule has 2 heterocycles. The van der Waals surface area contributed by atoms with Crippen molar-refractivity contribution in [1.29, 1.82) is 0 Å². The molecule has 4 aromatic rings. The zero-order chi connectivity index (χ0) is 21.0. The topological polar surface area (TPSA) is 62.7 Å². The first-order valence-electron chi connectivity index (χ1n) is 11.0. The van der Waals surface area contributed by atoms with Gasteiger partial charge in [-0.05, 0) is 36.5 Å². The lowest BCUT2D eigenvalue weighted by molar-refractivity contribution is 0.349. The second-order valence-electron chi connectivity index (χ2n) is 8.34. The highest BCUT2D eigenvalue weighted by Crippen LogP contribution is 2.31. The van der Waals surface area contributed by atoms with E-state index in [0.717, 1.165) is 27.7 Å². The zero-order valence-electron chi connectivity index (χ0n) is 17.7. The molecule has 2 atom stereocenters. The molecule has 6 heteroatoms. The summed E-state index contributed by atoms with van der Waals surface area (Å²) in [6, 6.07) is 17.1. The van der Waals surface area contributed by atoms with E-state index in [2.05, 4.69) is 40.7 Å². The highest BCUT2D eigenvalue weighted by Gasteiger charge is 2.22. The van der Waals surface area contributed by atoms with Gasteiger partial charge in [0.1, 0.15) is 5.82 Å². The summed E-state index contributed by atoms with van der Waals surface area (Å²) in [5.74, 6) is 1.49. The van der Waals surface area contributed by atoms with Gasteiger partial charge in [0.2, 0.25) is 0 Å². The molecule has 0 bridgehead atoms. The van der Waals surface area contributed by atoms with Crippen LogP contribution in [0.4, 0.5) is 10.9 Å². The zero-order valence-corrected chi connectivity index (χ0v) is 18.5. The molecule has 1 aliphatic rings. The molecule has 0 amide bonds. The normalized spacial score (nSPS) is 18.7. The Labute approximate surface area is 187 Å². The van der Waals surface area contributed by atoms with E-state index >= 15 is 0 Å². The minimum Gasteiger partial charge on any atom is -0.365 e. The average Bonchev–Trinajstić information content (AvgIpc) is 3.22. The van der Waals surface area contributed by atoms with Crippen molar-refractivity contribution in [3.63, 3.8) is 0 Å². The molecule has 2 unspecified atom stereocenters. The highest BCUT2D eigenvalue weighted by molar-refractivity contribution is 7.22. The van der Waals surface area contributed by atoms with Gasteiger partial charge in [-0.25, -0.2) is 9.97 Å². The summed E-state index contributed by atoms with van der Waals surface area (Å²) in [5.41, 5.74) is 4.21. The van der Waals surface area contributed by atoms with Gasteiger partial charge in [-0.3, -0.25) is 4.98 Å². The Morgan fingerprint density at radius 2 is 1.87 bits per heavy atom. The molecule has 0 saturated heterocycles. The number of hydrogen-bond donors (Lipinski definition) is 2. The van der Waals surface area contributed by atoms with Crippen LogP contribution in [0.15, 0.2) is 60.9 Å². The maximum Gasteiger partial charge on any atom is 0.184 e. The number of hydrogen-bond acceptors (Lipinski definition) is 6. The largest absolute Gasteiger partial charge is 0.365 e. The van der Waals surface area contributed by atoms with Gasteiger partial charge in [-0.15, -0.1) is 0 Å². The number of nitrogens with zero attached hydrogens (tertiary/aromatic N) is 3. The molecule has 158 valence electrons. The summed E-state index contributed by atoms with van der Waals surface area (Å²) in [7, 11) is 0. The third-order valence-electron chi connectivity index (χ3n) is 6.05. The molecule has 2 aromatic heterocycles. The van der Waals surface area contributed by atoms with E-state index in [0.29, 0.717) is 18.5 Å². The first kappa shape index (κ1) is 19.9. The van der Waals surface area contributed by atoms with E-state index in [4.69, 9.17) is 9.97 Å². The minimum atomic E-state index is 0.547. The molecule has 1 fully saturated rings. The number of thiazole rings is 1. The van der Waals surface area contributed by atoms with Crippen LogP contribution in [-0.4, -0.2) is 21.0 Å². The van der Waals surface area contributed by atoms with Crippen molar-refractivity contribution in [2.24, 2.45) is 5.92 Å². The fraction of sp³-hybridized carbons (Fsp3) is 0.320. The Morgan fingerprint density at radius 3 is 2.74 bits per heavy atom. The standard InChI is InChI=1S/C25H27N5S/c1-17-7-5-6-10-20(17)29-25-30-21-12-11-18(13-23(21)31-25)14-27-24-16-26-15-22(28-24)19-8-3-2-4-9-19/h2-4,8-9,11-13,15-17,20H,5-7,10,14H2,1H3,(H,27,28)(H,29,30). The Balaban J connectivity index is 1.27. The van der Waals surface area contributed by atoms with E-state index in [9.17, 15) is 0 Å². The minimum absolute atomic E-state index is 0.547. The number of aromatic nitrogens is 3. The highest BCUT2D eigenvalue weighted by atomic mass is 32.1. The molecule has 5 nitrogen and oxygen atoms in total. The van der Waals surface area contributed by atoms with Crippen LogP contribution in [0.25, 0.3) is 21.5 Å². The average molecular weight is 430 g/mol. The second kappa shape index (κ2) is 9.02. The maximum absolute atomic E-state index is 4.81. The predicted molar refractivity (Wildman–Crippen MR) is 129 cm³/mol. The van der Waals surface area contributed by atoms with E-state index in [1.54, 1.807) is 23.7 Å². The molecule has 2 aromatic carbocycles. The van der Waals surface area contributed by atoms with Gasteiger partial charge in [0.05, 0.1) is 28.3 Å². The van der Waals surface area contributed by atoms with Crippen LogP contribution in [0.2, 0.25) is 0 Å². The second-order valence-corrected chi connectivity index (χ2v) is 9.37. The Morgan fingerprint density at radius 1 is 1.00 bits per heavy atom. The lowest BCUT2D eigenvalue weighted by Gasteiger charge is -2.29. The van der Waals surface area contributed by atoms with Gasteiger partial charge in [-0.1, -0.05) is 67.5 Å². The first-order chi connectivity index (χ1) is 15.2. The summed E-state index contributed by atoms with van der Waals surface area (Å²) in [4.78, 5) is 13.9. The van der Waals surface area contributed by atoms with Crippen molar-refractivity contribution in [2.45, 2.75) is 45.2 Å². The number of anilines is 2. The third-order valence-corrected chi connectivity index (χ3v) is 7.00. The summed E-state index contributed by atoms with van der Waals surface area (Å²) in [6.07, 6.45) is 8.80. The monoisotopic (exact) mass is 429 g/mol. The number of fused-ring (bicyclic) bond motifs is 1. The van der Waals surface area contributed by atoms with Crippen molar-refractivity contribution in [3.05, 3.63) is 66.5 Å². The van der Waals surface area contributed by atoms with Gasteiger partial charge in [0, 0.05) is 18.2 Å². The fourth-order valence-electron chi connectivity index (χ4n) is 4.22. The van der Waals surface area contributed by atoms with Gasteiger partial charge in [0.15, 0.2) is 5.13 Å². The lowest BCUT2D eigenvalue weighted by Crippen LogP contribution is -2.30. The van der Waals surface area contributed by atoms with Crippen LogP contribution in [0, 0.1) is 5.92 Å². The quantitative estimate of drug-likeness (QED) is 0.374. The van der Waals surface area contributed by atoms with Crippen LogP contribution in [0.1, 0.15) is 38.2 Å². The molecule has 0 aliphatic heterocycles. The van der Waals surface area contributed by atoms with E-state index in [-0.39, 0.29) is 0 Å². The van der Waals surface area contributed by atoms with E-state index < -0.39 is 0 Å². The number of rotatable bonds is 6. The number of nitrogens with one attached hydrogen (secondary N) is 2. The van der Waals surface area contributed by atoms with Gasteiger partial charge in [-0.2, -0.15) is 0 Å². The first-order valence-corrected chi connectivity index (χ1v) is 11.8. The summed E-state index contributed by atoms with van der Waals surface area (Å²) >= 11 is 1.75. The number of benzene rings is 2. The predicted octanol–water partition coefficient (Wildman–Crippen LogP) is 6.36. The summed E-state index contributed by atoms with van der Waals surface area (Å²) < 4.78 is 1.22. The van der Waals surface area contributed by atoms with Crippen LogP contribution in [0.5, 0.6) is 0 Å². The third kappa shape index (κ3) is 4.69. The van der Waals surface area contributed by atoms with Crippen LogP contribution >= 0.6 is 11.3 Å². The van der Waals surface area contributed by atoms with Crippen LogP contribution in [-0.2, 0) is 6.54 Å². The molecule has 1 aliphatic carbocycles. The maximum atomic E-state index is 4.81. The van der Waals surface area contributed by atoms with E-state index in [1.807, 2.05) is 30.3 Å². The van der Waals surface area contributed by atoms with E-state index in [1.165, 1.54) is 35.9 Å².